The Morgan fingerprint density at radius 1 is 1.28 bits per heavy atom. The van der Waals surface area contributed by atoms with Crippen molar-refractivity contribution in [1.82, 2.24) is 0 Å². The summed E-state index contributed by atoms with van der Waals surface area (Å²) in [7, 11) is 1.61. The Kier molecular flexibility index (Phi) is 4.38. The molecule has 0 aliphatic carbocycles. The molecule has 0 saturated carbocycles. The largest absolute Gasteiger partial charge is 0.497 e. The van der Waals surface area contributed by atoms with Gasteiger partial charge in [0.1, 0.15) is 11.5 Å². The van der Waals surface area contributed by atoms with Gasteiger partial charge in [0, 0.05) is 11.5 Å². The summed E-state index contributed by atoms with van der Waals surface area (Å²) in [5, 5.41) is 0. The lowest BCUT2D eigenvalue weighted by molar-refractivity contribution is -0.128. The SMILES string of the molecule is CC#CC(=O)Oc1ccc(OC)cc1C(C)(C)C. The van der Waals surface area contributed by atoms with Crippen molar-refractivity contribution >= 4 is 5.97 Å². The molecule has 0 amide bonds. The summed E-state index contributed by atoms with van der Waals surface area (Å²) in [6.45, 7) is 7.74. The van der Waals surface area contributed by atoms with E-state index in [4.69, 9.17) is 9.47 Å². The van der Waals surface area contributed by atoms with Crippen molar-refractivity contribution in [2.75, 3.05) is 7.11 Å². The first-order chi connectivity index (χ1) is 8.38. The van der Waals surface area contributed by atoms with Crippen molar-refractivity contribution in [3.05, 3.63) is 23.8 Å². The van der Waals surface area contributed by atoms with Crippen molar-refractivity contribution in [2.24, 2.45) is 0 Å². The minimum Gasteiger partial charge on any atom is -0.497 e. The number of methoxy groups -OCH3 is 1. The van der Waals surface area contributed by atoms with Gasteiger partial charge in [0.15, 0.2) is 0 Å². The first-order valence-electron chi connectivity index (χ1n) is 5.71. The predicted molar refractivity (Wildman–Crippen MR) is 70.8 cm³/mol. The third-order valence-electron chi connectivity index (χ3n) is 2.42. The van der Waals surface area contributed by atoms with Crippen LogP contribution in [-0.4, -0.2) is 13.1 Å². The Bertz CT molecular complexity index is 499. The van der Waals surface area contributed by atoms with Crippen LogP contribution in [0, 0.1) is 11.8 Å². The van der Waals surface area contributed by atoms with Crippen LogP contribution in [0.3, 0.4) is 0 Å². The Labute approximate surface area is 108 Å². The Hall–Kier alpha value is -1.95. The third kappa shape index (κ3) is 3.53. The van der Waals surface area contributed by atoms with Gasteiger partial charge in [-0.25, -0.2) is 4.79 Å². The van der Waals surface area contributed by atoms with Crippen LogP contribution in [0.15, 0.2) is 18.2 Å². The number of rotatable bonds is 2. The van der Waals surface area contributed by atoms with E-state index in [9.17, 15) is 4.79 Å². The number of ether oxygens (including phenoxy) is 2. The molecule has 0 N–H and O–H groups in total. The smallest absolute Gasteiger partial charge is 0.389 e. The maximum absolute atomic E-state index is 11.4. The van der Waals surface area contributed by atoms with Crippen LogP contribution in [0.25, 0.3) is 0 Å². The second-order valence-electron chi connectivity index (χ2n) is 4.88. The second-order valence-corrected chi connectivity index (χ2v) is 4.88. The zero-order valence-electron chi connectivity index (χ0n) is 11.5. The van der Waals surface area contributed by atoms with Gasteiger partial charge in [-0.3, -0.25) is 0 Å². The van der Waals surface area contributed by atoms with E-state index in [0.717, 1.165) is 11.3 Å². The molecule has 3 nitrogen and oxygen atoms in total. The molecule has 0 atom stereocenters. The van der Waals surface area contributed by atoms with E-state index < -0.39 is 5.97 Å². The maximum Gasteiger partial charge on any atom is 0.389 e. The summed E-state index contributed by atoms with van der Waals surface area (Å²) < 4.78 is 10.4. The monoisotopic (exact) mass is 246 g/mol. The van der Waals surface area contributed by atoms with Gasteiger partial charge < -0.3 is 9.47 Å². The van der Waals surface area contributed by atoms with Crippen molar-refractivity contribution in [2.45, 2.75) is 33.1 Å². The molecule has 0 unspecified atom stereocenters. The van der Waals surface area contributed by atoms with Gasteiger partial charge in [0.05, 0.1) is 7.11 Å². The van der Waals surface area contributed by atoms with E-state index in [2.05, 4.69) is 11.8 Å². The predicted octanol–water partition coefficient (Wildman–Crippen LogP) is 2.92. The Morgan fingerprint density at radius 3 is 2.44 bits per heavy atom. The Morgan fingerprint density at radius 2 is 1.94 bits per heavy atom. The zero-order chi connectivity index (χ0) is 13.8. The van der Waals surface area contributed by atoms with Gasteiger partial charge in [-0.1, -0.05) is 26.7 Å². The zero-order valence-corrected chi connectivity index (χ0v) is 11.5. The minimum absolute atomic E-state index is 0.149. The number of hydrogen-bond donors (Lipinski definition) is 0. The Balaban J connectivity index is 3.17. The highest BCUT2D eigenvalue weighted by molar-refractivity contribution is 5.90. The average molecular weight is 246 g/mol. The summed E-state index contributed by atoms with van der Waals surface area (Å²) in [5.41, 5.74) is 0.761. The number of carbonyl (C=O) groups excluding carboxylic acids is 1. The lowest BCUT2D eigenvalue weighted by atomic mass is 9.86. The van der Waals surface area contributed by atoms with Crippen molar-refractivity contribution < 1.29 is 14.3 Å². The molecule has 0 saturated heterocycles. The van der Waals surface area contributed by atoms with Crippen LogP contribution in [0.2, 0.25) is 0 Å². The molecule has 18 heavy (non-hydrogen) atoms. The van der Waals surface area contributed by atoms with Gasteiger partial charge in [0.2, 0.25) is 0 Å². The lowest BCUT2D eigenvalue weighted by Crippen LogP contribution is -2.15. The summed E-state index contributed by atoms with van der Waals surface area (Å²) in [6, 6.07) is 5.37. The standard InChI is InChI=1S/C15H18O3/c1-6-7-14(16)18-13-9-8-11(17-5)10-12(13)15(2,3)4/h8-10H,1-5H3. The van der Waals surface area contributed by atoms with E-state index in [1.54, 1.807) is 26.2 Å². The molecule has 0 aliphatic rings. The van der Waals surface area contributed by atoms with Crippen molar-refractivity contribution in [1.29, 1.82) is 0 Å². The highest BCUT2D eigenvalue weighted by atomic mass is 16.5. The minimum atomic E-state index is -0.548. The number of benzene rings is 1. The molecular weight excluding hydrogens is 228 g/mol. The summed E-state index contributed by atoms with van der Waals surface area (Å²) in [5.74, 6) is 5.59. The summed E-state index contributed by atoms with van der Waals surface area (Å²) >= 11 is 0. The molecule has 1 rings (SSSR count). The van der Waals surface area contributed by atoms with E-state index in [1.807, 2.05) is 26.8 Å². The fourth-order valence-electron chi connectivity index (χ4n) is 1.54. The molecule has 3 heteroatoms. The quantitative estimate of drug-likeness (QED) is 0.348. The van der Waals surface area contributed by atoms with E-state index in [-0.39, 0.29) is 5.41 Å². The molecule has 0 aliphatic heterocycles. The lowest BCUT2D eigenvalue weighted by Gasteiger charge is -2.22. The fourth-order valence-corrected chi connectivity index (χ4v) is 1.54. The van der Waals surface area contributed by atoms with Crippen LogP contribution >= 0.6 is 0 Å². The van der Waals surface area contributed by atoms with Crippen molar-refractivity contribution in [3.63, 3.8) is 0 Å². The number of esters is 1. The summed E-state index contributed by atoms with van der Waals surface area (Å²) in [4.78, 5) is 11.4. The first-order valence-corrected chi connectivity index (χ1v) is 5.71. The topological polar surface area (TPSA) is 35.5 Å². The highest BCUT2D eigenvalue weighted by Crippen LogP contribution is 2.34. The van der Waals surface area contributed by atoms with Gasteiger partial charge in [-0.15, -0.1) is 0 Å². The molecule has 0 fully saturated rings. The molecule has 1 aromatic rings. The molecular formula is C15H18O3. The first kappa shape index (κ1) is 14.1. The summed E-state index contributed by atoms with van der Waals surface area (Å²) in [6.07, 6.45) is 0. The van der Waals surface area contributed by atoms with Gasteiger partial charge in [0.25, 0.3) is 0 Å². The fraction of sp³-hybridized carbons (Fsp3) is 0.400. The average Bonchev–Trinajstić information content (AvgIpc) is 2.28. The number of carbonyl (C=O) groups is 1. The molecule has 0 aromatic heterocycles. The van der Waals surface area contributed by atoms with E-state index >= 15 is 0 Å². The van der Waals surface area contributed by atoms with Crippen LogP contribution in [-0.2, 0) is 10.2 Å². The van der Waals surface area contributed by atoms with Crippen LogP contribution in [0.1, 0.15) is 33.3 Å². The van der Waals surface area contributed by atoms with Crippen LogP contribution < -0.4 is 9.47 Å². The molecule has 1 aromatic carbocycles. The van der Waals surface area contributed by atoms with Crippen molar-refractivity contribution in [3.8, 4) is 23.3 Å². The molecule has 0 heterocycles. The highest BCUT2D eigenvalue weighted by Gasteiger charge is 2.21. The molecule has 96 valence electrons. The maximum atomic E-state index is 11.4. The van der Waals surface area contributed by atoms with E-state index in [1.165, 1.54) is 0 Å². The third-order valence-corrected chi connectivity index (χ3v) is 2.42. The van der Waals surface area contributed by atoms with Crippen LogP contribution in [0.5, 0.6) is 11.5 Å². The van der Waals surface area contributed by atoms with E-state index in [0.29, 0.717) is 5.75 Å². The van der Waals surface area contributed by atoms with Gasteiger partial charge in [-0.05, 0) is 30.5 Å². The van der Waals surface area contributed by atoms with Crippen LogP contribution in [0.4, 0.5) is 0 Å². The van der Waals surface area contributed by atoms with Gasteiger partial charge >= 0.3 is 5.97 Å². The normalized spacial score (nSPS) is 10.3. The second kappa shape index (κ2) is 5.59. The molecule has 0 bridgehead atoms. The molecule has 0 radical (unpaired) electrons. The van der Waals surface area contributed by atoms with Gasteiger partial charge in [-0.2, -0.15) is 0 Å². The number of hydrogen-bond acceptors (Lipinski definition) is 3. The molecule has 0 spiro atoms.